The number of carbonyl (C=O) groups excluding carboxylic acids is 1. The van der Waals surface area contributed by atoms with Gasteiger partial charge in [0.05, 0.1) is 27.4 Å². The Hall–Kier alpha value is -3.03. The molecule has 0 spiro atoms. The molecule has 0 aliphatic carbocycles. The summed E-state index contributed by atoms with van der Waals surface area (Å²) in [6, 6.07) is 13.9. The Kier molecular flexibility index (Phi) is 7.29. The van der Waals surface area contributed by atoms with Gasteiger partial charge in [0.2, 0.25) is 5.91 Å². The minimum Gasteiger partial charge on any atom is -0.493 e. The highest BCUT2D eigenvalue weighted by atomic mass is 16.5. The van der Waals surface area contributed by atoms with E-state index in [4.69, 9.17) is 14.2 Å². The van der Waals surface area contributed by atoms with Crippen LogP contribution in [0.2, 0.25) is 0 Å². The van der Waals surface area contributed by atoms with Gasteiger partial charge in [-0.25, -0.2) is 0 Å². The fourth-order valence-corrected chi connectivity index (χ4v) is 4.17. The summed E-state index contributed by atoms with van der Waals surface area (Å²) in [6.07, 6.45) is 3.06. The van der Waals surface area contributed by atoms with Crippen LogP contribution in [-0.4, -0.2) is 62.4 Å². The monoisotopic (exact) mass is 437 g/mol. The van der Waals surface area contributed by atoms with E-state index in [0.717, 1.165) is 56.0 Å². The van der Waals surface area contributed by atoms with E-state index in [1.54, 1.807) is 14.2 Å². The van der Waals surface area contributed by atoms with Crippen LogP contribution in [0, 0.1) is 0 Å². The van der Waals surface area contributed by atoms with Gasteiger partial charge in [-0.1, -0.05) is 12.1 Å². The number of methoxy groups -OCH3 is 2. The number of nitrogens with one attached hydrogen (secondary N) is 1. The molecule has 7 heteroatoms. The van der Waals surface area contributed by atoms with Crippen LogP contribution in [0.4, 0.5) is 5.69 Å². The average Bonchev–Trinajstić information content (AvgIpc) is 3.23. The first-order valence-corrected chi connectivity index (χ1v) is 11.1. The lowest BCUT2D eigenvalue weighted by molar-refractivity contribution is -0.116. The van der Waals surface area contributed by atoms with Crippen molar-refractivity contribution in [3.63, 3.8) is 0 Å². The molecule has 1 fully saturated rings. The molecule has 0 radical (unpaired) electrons. The van der Waals surface area contributed by atoms with Crippen molar-refractivity contribution in [3.05, 3.63) is 54.2 Å². The predicted octanol–water partition coefficient (Wildman–Crippen LogP) is 3.56. The van der Waals surface area contributed by atoms with E-state index >= 15 is 0 Å². The fourth-order valence-electron chi connectivity index (χ4n) is 4.17. The fraction of sp³-hybridized carbons (Fsp3) is 0.400. The largest absolute Gasteiger partial charge is 0.493 e. The smallest absolute Gasteiger partial charge is 0.224 e. The van der Waals surface area contributed by atoms with Crippen molar-refractivity contribution in [3.8, 4) is 11.5 Å². The molecule has 1 aliphatic rings. The summed E-state index contributed by atoms with van der Waals surface area (Å²) in [4.78, 5) is 15.0. The highest BCUT2D eigenvalue weighted by molar-refractivity contribution is 5.94. The summed E-state index contributed by atoms with van der Waals surface area (Å²) in [5, 5.41) is 4.15. The summed E-state index contributed by atoms with van der Waals surface area (Å²) in [5.74, 6) is 1.33. The topological polar surface area (TPSA) is 65.0 Å². The average molecular weight is 438 g/mol. The maximum atomic E-state index is 12.6. The number of benzene rings is 2. The van der Waals surface area contributed by atoms with E-state index in [2.05, 4.69) is 33.1 Å². The number of rotatable bonds is 9. The second kappa shape index (κ2) is 10.5. The molecule has 4 rings (SSSR count). The zero-order valence-corrected chi connectivity index (χ0v) is 18.8. The number of nitrogens with zero attached hydrogens (tertiary/aromatic N) is 2. The number of aryl methyl sites for hydroxylation is 1. The molecule has 1 saturated heterocycles. The second-order valence-corrected chi connectivity index (χ2v) is 7.94. The van der Waals surface area contributed by atoms with E-state index in [-0.39, 0.29) is 5.91 Å². The number of ether oxygens (including phenoxy) is 3. The number of amides is 1. The van der Waals surface area contributed by atoms with Crippen LogP contribution in [0.5, 0.6) is 11.5 Å². The highest BCUT2D eigenvalue weighted by Crippen LogP contribution is 2.31. The molecule has 2 aromatic carbocycles. The number of aromatic nitrogens is 1. The summed E-state index contributed by atoms with van der Waals surface area (Å²) >= 11 is 0. The summed E-state index contributed by atoms with van der Waals surface area (Å²) < 4.78 is 18.5. The van der Waals surface area contributed by atoms with Gasteiger partial charge in [-0.15, -0.1) is 0 Å². The first-order valence-electron chi connectivity index (χ1n) is 11.1. The van der Waals surface area contributed by atoms with Gasteiger partial charge in [-0.05, 0) is 42.3 Å². The maximum absolute atomic E-state index is 12.6. The maximum Gasteiger partial charge on any atom is 0.224 e. The zero-order chi connectivity index (χ0) is 22.3. The Balaban J connectivity index is 1.34. The number of anilines is 1. The summed E-state index contributed by atoms with van der Waals surface area (Å²) in [6.45, 7) is 5.59. The number of hydrogen-bond acceptors (Lipinski definition) is 5. The van der Waals surface area contributed by atoms with Gasteiger partial charge in [0.1, 0.15) is 0 Å². The third-order valence-electron chi connectivity index (χ3n) is 5.92. The van der Waals surface area contributed by atoms with Crippen LogP contribution < -0.4 is 14.8 Å². The molecular weight excluding hydrogens is 406 g/mol. The number of morpholine rings is 1. The molecule has 0 unspecified atom stereocenters. The van der Waals surface area contributed by atoms with Crippen molar-refractivity contribution in [2.24, 2.45) is 0 Å². The van der Waals surface area contributed by atoms with E-state index < -0.39 is 0 Å². The van der Waals surface area contributed by atoms with Gasteiger partial charge in [0, 0.05) is 55.4 Å². The molecule has 0 bridgehead atoms. The first kappa shape index (κ1) is 22.2. The third-order valence-corrected chi connectivity index (χ3v) is 5.92. The highest BCUT2D eigenvalue weighted by Gasteiger charge is 2.13. The van der Waals surface area contributed by atoms with Crippen molar-refractivity contribution in [2.75, 3.05) is 52.4 Å². The quantitative estimate of drug-likeness (QED) is 0.555. The standard InChI is InChI=1S/C25H31N3O4/c1-30-23-5-3-4-19(25(23)31-2)6-9-24(29)26-21-7-8-22-20(18-21)10-11-28(22)13-12-27-14-16-32-17-15-27/h3-5,7-8,10-11,18H,6,9,12-17H2,1-2H3,(H,26,29). The lowest BCUT2D eigenvalue weighted by Crippen LogP contribution is -2.38. The lowest BCUT2D eigenvalue weighted by atomic mass is 10.1. The molecule has 32 heavy (non-hydrogen) atoms. The number of hydrogen-bond donors (Lipinski definition) is 1. The molecule has 7 nitrogen and oxygen atoms in total. The molecule has 1 N–H and O–H groups in total. The van der Waals surface area contributed by atoms with E-state index in [0.29, 0.717) is 24.3 Å². The van der Waals surface area contributed by atoms with Gasteiger partial charge in [-0.2, -0.15) is 0 Å². The van der Waals surface area contributed by atoms with E-state index in [1.165, 1.54) is 5.52 Å². The second-order valence-electron chi connectivity index (χ2n) is 7.94. The van der Waals surface area contributed by atoms with Crippen LogP contribution in [0.1, 0.15) is 12.0 Å². The summed E-state index contributed by atoms with van der Waals surface area (Å²) in [5.41, 5.74) is 2.94. The summed E-state index contributed by atoms with van der Waals surface area (Å²) in [7, 11) is 3.23. The number of para-hydroxylation sites is 1. The molecule has 3 aromatic rings. The Morgan fingerprint density at radius 3 is 2.69 bits per heavy atom. The molecule has 170 valence electrons. The zero-order valence-electron chi connectivity index (χ0n) is 18.8. The van der Waals surface area contributed by atoms with Crippen molar-refractivity contribution in [2.45, 2.75) is 19.4 Å². The van der Waals surface area contributed by atoms with E-state index in [1.807, 2.05) is 30.3 Å². The van der Waals surface area contributed by atoms with Crippen molar-refractivity contribution >= 4 is 22.5 Å². The van der Waals surface area contributed by atoms with Crippen LogP contribution in [0.25, 0.3) is 10.9 Å². The van der Waals surface area contributed by atoms with Crippen LogP contribution in [-0.2, 0) is 22.5 Å². The number of carbonyl (C=O) groups is 1. The Labute approximate surface area is 188 Å². The van der Waals surface area contributed by atoms with Crippen LogP contribution in [0.15, 0.2) is 48.7 Å². The van der Waals surface area contributed by atoms with Gasteiger partial charge in [-0.3, -0.25) is 9.69 Å². The predicted molar refractivity (Wildman–Crippen MR) is 126 cm³/mol. The molecular formula is C25H31N3O4. The van der Waals surface area contributed by atoms with Crippen LogP contribution in [0.3, 0.4) is 0 Å². The normalized spacial score (nSPS) is 14.4. The molecule has 1 aliphatic heterocycles. The van der Waals surface area contributed by atoms with Crippen molar-refractivity contribution < 1.29 is 19.0 Å². The van der Waals surface area contributed by atoms with Gasteiger partial charge in [0.15, 0.2) is 11.5 Å². The van der Waals surface area contributed by atoms with Gasteiger partial charge in [0.25, 0.3) is 0 Å². The van der Waals surface area contributed by atoms with Gasteiger partial charge >= 0.3 is 0 Å². The third kappa shape index (κ3) is 5.23. The molecule has 1 aromatic heterocycles. The minimum atomic E-state index is -0.0269. The Bertz CT molecular complexity index is 1060. The van der Waals surface area contributed by atoms with Crippen molar-refractivity contribution in [1.82, 2.24) is 9.47 Å². The van der Waals surface area contributed by atoms with Gasteiger partial charge < -0.3 is 24.1 Å². The van der Waals surface area contributed by atoms with Crippen molar-refractivity contribution in [1.29, 1.82) is 0 Å². The molecule has 2 heterocycles. The minimum absolute atomic E-state index is 0.0269. The molecule has 0 atom stereocenters. The lowest BCUT2D eigenvalue weighted by Gasteiger charge is -2.26. The SMILES string of the molecule is COc1cccc(CCC(=O)Nc2ccc3c(ccn3CCN3CCOCC3)c2)c1OC. The number of fused-ring (bicyclic) bond motifs is 1. The Morgan fingerprint density at radius 1 is 1.06 bits per heavy atom. The first-order chi connectivity index (χ1) is 15.7. The molecule has 0 saturated carbocycles. The van der Waals surface area contributed by atoms with Crippen LogP contribution >= 0.6 is 0 Å². The van der Waals surface area contributed by atoms with E-state index in [9.17, 15) is 4.79 Å². The molecule has 1 amide bonds. The Morgan fingerprint density at radius 2 is 1.91 bits per heavy atom.